The number of nitrogens with two attached hydrogens (primary N) is 1. The average molecular weight is 283 g/mol. The first-order valence-corrected chi connectivity index (χ1v) is 6.71. The monoisotopic (exact) mass is 282 g/mol. The Balaban J connectivity index is 1.89. The highest BCUT2D eigenvalue weighted by Gasteiger charge is 2.20. The first-order chi connectivity index (χ1) is 7.63. The summed E-state index contributed by atoms with van der Waals surface area (Å²) >= 11 is 3.47. The van der Waals surface area contributed by atoms with Crippen molar-refractivity contribution in [3.05, 3.63) is 28.2 Å². The van der Waals surface area contributed by atoms with Gasteiger partial charge in [-0.25, -0.2) is 0 Å². The second-order valence-corrected chi connectivity index (χ2v) is 5.80. The third kappa shape index (κ3) is 3.22. The van der Waals surface area contributed by atoms with Crippen molar-refractivity contribution in [1.82, 2.24) is 5.32 Å². The second kappa shape index (κ2) is 5.19. The average Bonchev–Trinajstić information content (AvgIpc) is 2.60. The van der Waals surface area contributed by atoms with Gasteiger partial charge in [-0.15, -0.1) is 0 Å². The molecule has 88 valence electrons. The van der Waals surface area contributed by atoms with Crippen LogP contribution in [0.5, 0.6) is 0 Å². The zero-order valence-electron chi connectivity index (χ0n) is 9.67. The molecule has 3 heteroatoms. The van der Waals surface area contributed by atoms with E-state index in [0.717, 1.165) is 22.6 Å². The van der Waals surface area contributed by atoms with Crippen LogP contribution in [0.25, 0.3) is 0 Å². The maximum atomic E-state index is 5.81. The summed E-state index contributed by atoms with van der Waals surface area (Å²) in [6.07, 6.45) is 3.98. The van der Waals surface area contributed by atoms with Gasteiger partial charge in [0.15, 0.2) is 0 Å². The number of rotatable bonds is 3. The third-order valence-corrected chi connectivity index (χ3v) is 3.73. The van der Waals surface area contributed by atoms with Crippen molar-refractivity contribution in [2.45, 2.75) is 38.8 Å². The number of anilines is 1. The van der Waals surface area contributed by atoms with Crippen molar-refractivity contribution >= 4 is 21.6 Å². The number of hydrogen-bond donors (Lipinski definition) is 2. The normalized spacial score (nSPS) is 24.9. The molecule has 0 heterocycles. The second-order valence-electron chi connectivity index (χ2n) is 4.89. The van der Waals surface area contributed by atoms with Crippen LogP contribution in [-0.4, -0.2) is 6.04 Å². The minimum absolute atomic E-state index is 0.690. The Morgan fingerprint density at radius 3 is 2.81 bits per heavy atom. The SMILES string of the molecule is CC1CCC(NCc2cc(N)cc(Br)c2)C1. The molecular weight excluding hydrogens is 264 g/mol. The molecule has 0 aromatic heterocycles. The molecule has 1 aliphatic carbocycles. The summed E-state index contributed by atoms with van der Waals surface area (Å²) in [5.41, 5.74) is 7.89. The Labute approximate surface area is 106 Å². The molecular formula is C13H19BrN2. The van der Waals surface area contributed by atoms with E-state index in [-0.39, 0.29) is 0 Å². The largest absolute Gasteiger partial charge is 0.399 e. The van der Waals surface area contributed by atoms with Gasteiger partial charge in [0.25, 0.3) is 0 Å². The number of nitrogens with one attached hydrogen (secondary N) is 1. The van der Waals surface area contributed by atoms with E-state index in [1.165, 1.54) is 24.8 Å². The number of hydrogen-bond acceptors (Lipinski definition) is 2. The minimum Gasteiger partial charge on any atom is -0.399 e. The van der Waals surface area contributed by atoms with Crippen LogP contribution in [0.1, 0.15) is 31.7 Å². The van der Waals surface area contributed by atoms with Crippen LogP contribution in [0.3, 0.4) is 0 Å². The third-order valence-electron chi connectivity index (χ3n) is 3.27. The van der Waals surface area contributed by atoms with Crippen molar-refractivity contribution in [2.24, 2.45) is 5.92 Å². The Hall–Kier alpha value is -0.540. The van der Waals surface area contributed by atoms with Crippen LogP contribution < -0.4 is 11.1 Å². The lowest BCUT2D eigenvalue weighted by Gasteiger charge is -2.12. The Kier molecular flexibility index (Phi) is 3.87. The maximum absolute atomic E-state index is 5.81. The van der Waals surface area contributed by atoms with Crippen LogP contribution in [0, 0.1) is 5.92 Å². The van der Waals surface area contributed by atoms with Crippen LogP contribution in [-0.2, 0) is 6.54 Å². The number of halogens is 1. The molecule has 0 spiro atoms. The topological polar surface area (TPSA) is 38.0 Å². The fourth-order valence-electron chi connectivity index (χ4n) is 2.43. The molecule has 0 bridgehead atoms. The van der Waals surface area contributed by atoms with Crippen molar-refractivity contribution in [2.75, 3.05) is 5.73 Å². The van der Waals surface area contributed by atoms with Gasteiger partial charge in [-0.2, -0.15) is 0 Å². The fourth-order valence-corrected chi connectivity index (χ4v) is 2.99. The van der Waals surface area contributed by atoms with E-state index in [4.69, 9.17) is 5.73 Å². The predicted molar refractivity (Wildman–Crippen MR) is 72.2 cm³/mol. The van der Waals surface area contributed by atoms with Gasteiger partial charge in [-0.05, 0) is 48.9 Å². The Morgan fingerprint density at radius 2 is 2.19 bits per heavy atom. The smallest absolute Gasteiger partial charge is 0.0328 e. The van der Waals surface area contributed by atoms with Crippen LogP contribution >= 0.6 is 15.9 Å². The van der Waals surface area contributed by atoms with Crippen molar-refractivity contribution in [1.29, 1.82) is 0 Å². The van der Waals surface area contributed by atoms with E-state index in [9.17, 15) is 0 Å². The summed E-state index contributed by atoms with van der Waals surface area (Å²) < 4.78 is 1.06. The lowest BCUT2D eigenvalue weighted by molar-refractivity contribution is 0.502. The summed E-state index contributed by atoms with van der Waals surface area (Å²) in [7, 11) is 0. The van der Waals surface area contributed by atoms with Crippen LogP contribution in [0.15, 0.2) is 22.7 Å². The summed E-state index contributed by atoms with van der Waals surface area (Å²) in [5.74, 6) is 0.880. The molecule has 1 aromatic carbocycles. The standard InChI is InChI=1S/C13H19BrN2/c1-9-2-3-13(4-9)16-8-10-5-11(14)7-12(15)6-10/h5-7,9,13,16H,2-4,8,15H2,1H3. The fraction of sp³-hybridized carbons (Fsp3) is 0.538. The zero-order chi connectivity index (χ0) is 11.5. The van der Waals surface area contributed by atoms with Crippen molar-refractivity contribution in [3.8, 4) is 0 Å². The number of benzene rings is 1. The molecule has 0 saturated heterocycles. The Bertz CT molecular complexity index is 345. The molecule has 16 heavy (non-hydrogen) atoms. The molecule has 0 aliphatic heterocycles. The lowest BCUT2D eigenvalue weighted by Crippen LogP contribution is -2.25. The van der Waals surface area contributed by atoms with Gasteiger partial charge in [-0.1, -0.05) is 22.9 Å². The molecule has 2 unspecified atom stereocenters. The highest BCUT2D eigenvalue weighted by atomic mass is 79.9. The molecule has 2 nitrogen and oxygen atoms in total. The molecule has 1 saturated carbocycles. The van der Waals surface area contributed by atoms with E-state index in [0.29, 0.717) is 6.04 Å². The Morgan fingerprint density at radius 1 is 1.38 bits per heavy atom. The molecule has 1 aliphatic rings. The van der Waals surface area contributed by atoms with E-state index in [2.05, 4.69) is 34.2 Å². The van der Waals surface area contributed by atoms with E-state index >= 15 is 0 Å². The lowest BCUT2D eigenvalue weighted by atomic mass is 10.1. The van der Waals surface area contributed by atoms with Gasteiger partial charge < -0.3 is 11.1 Å². The van der Waals surface area contributed by atoms with Gasteiger partial charge in [-0.3, -0.25) is 0 Å². The molecule has 1 aromatic rings. The van der Waals surface area contributed by atoms with E-state index < -0.39 is 0 Å². The molecule has 3 N–H and O–H groups in total. The van der Waals surface area contributed by atoms with E-state index in [1.807, 2.05) is 12.1 Å². The highest BCUT2D eigenvalue weighted by Crippen LogP contribution is 2.25. The first-order valence-electron chi connectivity index (χ1n) is 5.92. The van der Waals surface area contributed by atoms with Crippen molar-refractivity contribution in [3.63, 3.8) is 0 Å². The highest BCUT2D eigenvalue weighted by molar-refractivity contribution is 9.10. The van der Waals surface area contributed by atoms with Gasteiger partial charge in [0.1, 0.15) is 0 Å². The van der Waals surface area contributed by atoms with Crippen LogP contribution in [0.4, 0.5) is 5.69 Å². The van der Waals surface area contributed by atoms with Crippen molar-refractivity contribution < 1.29 is 0 Å². The summed E-state index contributed by atoms with van der Waals surface area (Å²) in [5, 5.41) is 3.61. The maximum Gasteiger partial charge on any atom is 0.0328 e. The van der Waals surface area contributed by atoms with Gasteiger partial charge >= 0.3 is 0 Å². The molecule has 2 atom stereocenters. The minimum atomic E-state index is 0.690. The quantitative estimate of drug-likeness (QED) is 0.835. The summed E-state index contributed by atoms with van der Waals surface area (Å²) in [4.78, 5) is 0. The van der Waals surface area contributed by atoms with Crippen LogP contribution in [0.2, 0.25) is 0 Å². The molecule has 0 radical (unpaired) electrons. The zero-order valence-corrected chi connectivity index (χ0v) is 11.3. The molecule has 0 amide bonds. The summed E-state index contributed by atoms with van der Waals surface area (Å²) in [6.45, 7) is 3.25. The van der Waals surface area contributed by atoms with Gasteiger partial charge in [0.05, 0.1) is 0 Å². The van der Waals surface area contributed by atoms with E-state index in [1.54, 1.807) is 0 Å². The first kappa shape index (κ1) is 11.9. The summed E-state index contributed by atoms with van der Waals surface area (Å²) in [6, 6.07) is 6.79. The predicted octanol–water partition coefficient (Wildman–Crippen LogP) is 3.31. The molecule has 2 rings (SSSR count). The van der Waals surface area contributed by atoms with Gasteiger partial charge in [0.2, 0.25) is 0 Å². The number of nitrogen functional groups attached to an aromatic ring is 1. The van der Waals surface area contributed by atoms with Gasteiger partial charge in [0, 0.05) is 22.7 Å². The molecule has 1 fully saturated rings.